The third kappa shape index (κ3) is 2.79. The van der Waals surface area contributed by atoms with Crippen LogP contribution in [0, 0.1) is 0 Å². The van der Waals surface area contributed by atoms with E-state index in [2.05, 4.69) is 45.9 Å². The molecule has 0 spiro atoms. The molecule has 6 heteroatoms. The molecule has 1 fully saturated rings. The van der Waals surface area contributed by atoms with Gasteiger partial charge in [-0.25, -0.2) is 4.98 Å². The summed E-state index contributed by atoms with van der Waals surface area (Å²) >= 11 is 1.68. The molecule has 31 heavy (non-hydrogen) atoms. The molecule has 0 unspecified atom stereocenters. The number of rotatable bonds is 2. The van der Waals surface area contributed by atoms with Gasteiger partial charge in [0.2, 0.25) is 0 Å². The second kappa shape index (κ2) is 6.42. The average molecular weight is 427 g/mol. The first-order chi connectivity index (χ1) is 14.8. The summed E-state index contributed by atoms with van der Waals surface area (Å²) in [6.45, 7) is 8.33. The average Bonchev–Trinajstić information content (AvgIpc) is 3.38. The quantitative estimate of drug-likeness (QED) is 0.317. The van der Waals surface area contributed by atoms with Crippen LogP contribution in [0.1, 0.15) is 27.7 Å². The Kier molecular flexibility index (Phi) is 3.95. The van der Waals surface area contributed by atoms with Gasteiger partial charge in [0.25, 0.3) is 0 Å². The molecule has 0 N–H and O–H groups in total. The van der Waals surface area contributed by atoms with Gasteiger partial charge in [-0.3, -0.25) is 0 Å². The summed E-state index contributed by atoms with van der Waals surface area (Å²) in [6.07, 6.45) is 0. The van der Waals surface area contributed by atoms with Crippen molar-refractivity contribution in [3.8, 4) is 10.6 Å². The third-order valence-corrected chi connectivity index (χ3v) is 7.72. The molecular formula is C25H22BNO3S. The van der Waals surface area contributed by atoms with Crippen LogP contribution in [-0.4, -0.2) is 23.3 Å². The molecule has 0 amide bonds. The zero-order valence-corrected chi connectivity index (χ0v) is 18.7. The molecule has 0 bridgehead atoms. The second-order valence-corrected chi connectivity index (χ2v) is 10.1. The number of aromatic nitrogens is 1. The lowest BCUT2D eigenvalue weighted by Gasteiger charge is -2.32. The van der Waals surface area contributed by atoms with Crippen molar-refractivity contribution >= 4 is 56.1 Å². The molecule has 1 saturated heterocycles. The summed E-state index contributed by atoms with van der Waals surface area (Å²) in [5.74, 6) is 0. The van der Waals surface area contributed by atoms with E-state index in [1.165, 1.54) is 0 Å². The van der Waals surface area contributed by atoms with Crippen LogP contribution in [0.4, 0.5) is 0 Å². The number of hydrogen-bond donors (Lipinski definition) is 0. The Labute approximate surface area is 184 Å². The summed E-state index contributed by atoms with van der Waals surface area (Å²) in [5.41, 5.74) is 3.82. The predicted molar refractivity (Wildman–Crippen MR) is 128 cm³/mol. The maximum atomic E-state index is 6.51. The monoisotopic (exact) mass is 427 g/mol. The molecule has 0 aliphatic carbocycles. The van der Waals surface area contributed by atoms with E-state index in [9.17, 15) is 0 Å². The van der Waals surface area contributed by atoms with Gasteiger partial charge in [0.05, 0.1) is 21.4 Å². The fourth-order valence-electron chi connectivity index (χ4n) is 4.19. The van der Waals surface area contributed by atoms with E-state index in [0.29, 0.717) is 0 Å². The number of fused-ring (bicyclic) bond motifs is 4. The van der Waals surface area contributed by atoms with Crippen molar-refractivity contribution in [2.75, 3.05) is 0 Å². The molecule has 3 aromatic carbocycles. The number of furan rings is 1. The second-order valence-electron chi connectivity index (χ2n) is 9.08. The van der Waals surface area contributed by atoms with Crippen molar-refractivity contribution < 1.29 is 13.7 Å². The molecule has 0 saturated carbocycles. The molecule has 1 aliphatic heterocycles. The normalized spacial score (nSPS) is 17.9. The number of nitrogens with zero attached hydrogens (tertiary/aromatic N) is 1. The Bertz CT molecular complexity index is 1440. The van der Waals surface area contributed by atoms with Gasteiger partial charge in [0, 0.05) is 27.9 Å². The topological polar surface area (TPSA) is 44.5 Å². The van der Waals surface area contributed by atoms with E-state index in [1.807, 2.05) is 42.5 Å². The molecule has 0 radical (unpaired) electrons. The maximum Gasteiger partial charge on any atom is 0.497 e. The van der Waals surface area contributed by atoms with Gasteiger partial charge in [-0.2, -0.15) is 0 Å². The van der Waals surface area contributed by atoms with E-state index in [4.69, 9.17) is 18.7 Å². The third-order valence-electron chi connectivity index (χ3n) is 6.57. The summed E-state index contributed by atoms with van der Waals surface area (Å²) in [5, 5.41) is 3.09. The van der Waals surface area contributed by atoms with E-state index >= 15 is 0 Å². The van der Waals surface area contributed by atoms with E-state index in [-0.39, 0.29) is 0 Å². The Morgan fingerprint density at radius 2 is 1.52 bits per heavy atom. The molecular weight excluding hydrogens is 405 g/mol. The van der Waals surface area contributed by atoms with Crippen LogP contribution >= 0.6 is 11.3 Å². The van der Waals surface area contributed by atoms with Crippen molar-refractivity contribution in [3.63, 3.8) is 0 Å². The maximum absolute atomic E-state index is 6.51. The molecule has 4 nitrogen and oxygen atoms in total. The zero-order valence-electron chi connectivity index (χ0n) is 17.9. The van der Waals surface area contributed by atoms with Crippen LogP contribution in [0.15, 0.2) is 65.1 Å². The van der Waals surface area contributed by atoms with Crippen molar-refractivity contribution in [1.82, 2.24) is 4.98 Å². The van der Waals surface area contributed by atoms with Crippen molar-refractivity contribution in [3.05, 3.63) is 60.7 Å². The van der Waals surface area contributed by atoms with Gasteiger partial charge >= 0.3 is 7.12 Å². The SMILES string of the molecule is CC1(C)OB(c2c3sc(-c4ccccc4)nc3cc3oc4ccccc4c23)OC1(C)C. The zero-order chi connectivity index (χ0) is 21.4. The summed E-state index contributed by atoms with van der Waals surface area (Å²) in [6, 6.07) is 20.4. The van der Waals surface area contributed by atoms with Gasteiger partial charge in [-0.1, -0.05) is 48.5 Å². The van der Waals surface area contributed by atoms with Gasteiger partial charge in [0.15, 0.2) is 0 Å². The van der Waals surface area contributed by atoms with Gasteiger partial charge in [-0.15, -0.1) is 11.3 Å². The summed E-state index contributed by atoms with van der Waals surface area (Å²) in [7, 11) is -0.499. The minimum absolute atomic E-state index is 0.432. The molecule has 2 aromatic heterocycles. The van der Waals surface area contributed by atoms with Crippen LogP contribution in [0.25, 0.3) is 42.7 Å². The Balaban J connectivity index is 1.68. The highest BCUT2D eigenvalue weighted by Crippen LogP contribution is 2.41. The van der Waals surface area contributed by atoms with Gasteiger partial charge in [-0.05, 0) is 33.8 Å². The Hall–Kier alpha value is -2.67. The van der Waals surface area contributed by atoms with E-state index in [1.54, 1.807) is 11.3 Å². The number of thiazole rings is 1. The molecule has 6 rings (SSSR count). The van der Waals surface area contributed by atoms with E-state index < -0.39 is 18.3 Å². The van der Waals surface area contributed by atoms with Crippen molar-refractivity contribution in [2.45, 2.75) is 38.9 Å². The van der Waals surface area contributed by atoms with Crippen LogP contribution in [0.2, 0.25) is 0 Å². The van der Waals surface area contributed by atoms with Crippen LogP contribution in [0.3, 0.4) is 0 Å². The lowest BCUT2D eigenvalue weighted by Crippen LogP contribution is -2.41. The smallest absolute Gasteiger partial charge is 0.456 e. The Morgan fingerprint density at radius 3 is 2.26 bits per heavy atom. The van der Waals surface area contributed by atoms with E-state index in [0.717, 1.165) is 48.2 Å². The molecule has 0 atom stereocenters. The molecule has 5 aromatic rings. The first-order valence-electron chi connectivity index (χ1n) is 10.5. The van der Waals surface area contributed by atoms with Crippen molar-refractivity contribution in [1.29, 1.82) is 0 Å². The fourth-order valence-corrected chi connectivity index (χ4v) is 5.30. The first kappa shape index (κ1) is 19.1. The highest BCUT2D eigenvalue weighted by Gasteiger charge is 2.53. The van der Waals surface area contributed by atoms with Gasteiger partial charge < -0.3 is 13.7 Å². The number of para-hydroxylation sites is 1. The standard InChI is InChI=1S/C25H22BNO3S/c1-24(2)25(3,4)30-26(29-24)21-20-16-12-8-9-13-18(16)28-19(20)14-17-22(21)31-23(27-17)15-10-6-5-7-11-15/h5-14H,1-4H3. The minimum Gasteiger partial charge on any atom is -0.456 e. The molecule has 1 aliphatic rings. The number of hydrogen-bond acceptors (Lipinski definition) is 5. The fraction of sp³-hybridized carbons (Fsp3) is 0.240. The Morgan fingerprint density at radius 1 is 0.839 bits per heavy atom. The summed E-state index contributed by atoms with van der Waals surface area (Å²) in [4.78, 5) is 4.96. The molecule has 154 valence electrons. The van der Waals surface area contributed by atoms with Crippen LogP contribution in [0.5, 0.6) is 0 Å². The van der Waals surface area contributed by atoms with Crippen LogP contribution < -0.4 is 5.46 Å². The predicted octanol–water partition coefficient (Wildman–Crippen LogP) is 6.16. The minimum atomic E-state index is -0.499. The highest BCUT2D eigenvalue weighted by molar-refractivity contribution is 7.23. The molecule has 3 heterocycles. The number of benzene rings is 3. The largest absolute Gasteiger partial charge is 0.497 e. The lowest BCUT2D eigenvalue weighted by molar-refractivity contribution is 0.00578. The lowest BCUT2D eigenvalue weighted by atomic mass is 9.76. The van der Waals surface area contributed by atoms with Crippen molar-refractivity contribution in [2.24, 2.45) is 0 Å². The summed E-state index contributed by atoms with van der Waals surface area (Å²) < 4.78 is 20.3. The van der Waals surface area contributed by atoms with Gasteiger partial charge in [0.1, 0.15) is 16.2 Å². The van der Waals surface area contributed by atoms with Crippen LogP contribution in [-0.2, 0) is 9.31 Å². The first-order valence-corrected chi connectivity index (χ1v) is 11.3. The highest BCUT2D eigenvalue weighted by atomic mass is 32.1.